The second kappa shape index (κ2) is 9.49. The van der Waals surface area contributed by atoms with Crippen LogP contribution in [0.25, 0.3) is 0 Å². The number of methoxy groups -OCH3 is 1. The molecule has 166 valence electrons. The molecule has 0 unspecified atom stereocenters. The van der Waals surface area contributed by atoms with Crippen LogP contribution in [-0.2, 0) is 26.0 Å². The van der Waals surface area contributed by atoms with Crippen molar-refractivity contribution in [3.05, 3.63) is 53.6 Å². The Kier molecular flexibility index (Phi) is 6.97. The van der Waals surface area contributed by atoms with Crippen molar-refractivity contribution in [1.29, 1.82) is 0 Å². The van der Waals surface area contributed by atoms with Crippen molar-refractivity contribution in [3.63, 3.8) is 0 Å². The van der Waals surface area contributed by atoms with Crippen LogP contribution in [-0.4, -0.2) is 44.7 Å². The van der Waals surface area contributed by atoms with Gasteiger partial charge in [0.2, 0.25) is 21.8 Å². The lowest BCUT2D eigenvalue weighted by Crippen LogP contribution is -2.41. The molecule has 2 aromatic carbocycles. The van der Waals surface area contributed by atoms with E-state index in [9.17, 15) is 18.0 Å². The first-order valence-corrected chi connectivity index (χ1v) is 11.5. The largest absolute Gasteiger partial charge is 0.495 e. The van der Waals surface area contributed by atoms with Crippen LogP contribution in [0.3, 0.4) is 0 Å². The molecule has 1 aliphatic rings. The lowest BCUT2D eigenvalue weighted by atomic mass is 9.97. The molecule has 31 heavy (non-hydrogen) atoms. The molecule has 3 N–H and O–H groups in total. The van der Waals surface area contributed by atoms with Crippen molar-refractivity contribution in [2.45, 2.75) is 31.1 Å². The summed E-state index contributed by atoms with van der Waals surface area (Å²) in [7, 11) is -2.27. The number of ether oxygens (including phenoxy) is 1. The van der Waals surface area contributed by atoms with E-state index in [1.54, 1.807) is 42.5 Å². The van der Waals surface area contributed by atoms with Gasteiger partial charge in [0.05, 0.1) is 13.5 Å². The van der Waals surface area contributed by atoms with Crippen molar-refractivity contribution in [2.24, 2.45) is 11.7 Å². The first-order valence-electron chi connectivity index (χ1n) is 10.0. The Morgan fingerprint density at radius 3 is 2.35 bits per heavy atom. The Labute approximate surface area is 182 Å². The van der Waals surface area contributed by atoms with Crippen molar-refractivity contribution < 1.29 is 22.7 Å². The molecular formula is C22H27N3O5S. The number of primary amides is 1. The van der Waals surface area contributed by atoms with Crippen LogP contribution in [0.2, 0.25) is 0 Å². The van der Waals surface area contributed by atoms with Crippen LogP contribution in [0, 0.1) is 12.8 Å². The molecule has 1 saturated heterocycles. The van der Waals surface area contributed by atoms with Gasteiger partial charge >= 0.3 is 0 Å². The summed E-state index contributed by atoms with van der Waals surface area (Å²) in [6.07, 6.45) is 1.00. The topological polar surface area (TPSA) is 119 Å². The number of aryl methyl sites for hydroxylation is 1. The normalized spacial score (nSPS) is 15.4. The number of nitrogens with one attached hydrogen (secondary N) is 1. The van der Waals surface area contributed by atoms with Gasteiger partial charge in [0.15, 0.2) is 0 Å². The van der Waals surface area contributed by atoms with Crippen molar-refractivity contribution in [3.8, 4) is 5.75 Å². The molecule has 8 nitrogen and oxygen atoms in total. The zero-order valence-electron chi connectivity index (χ0n) is 17.6. The third-order valence-corrected chi connectivity index (χ3v) is 7.28. The fourth-order valence-corrected chi connectivity index (χ4v) is 5.34. The van der Waals surface area contributed by atoms with Gasteiger partial charge in [0.1, 0.15) is 10.6 Å². The van der Waals surface area contributed by atoms with Crippen LogP contribution in [0.5, 0.6) is 5.75 Å². The maximum Gasteiger partial charge on any atom is 0.246 e. The van der Waals surface area contributed by atoms with Crippen molar-refractivity contribution in [1.82, 2.24) is 4.31 Å². The molecule has 2 amide bonds. The number of anilines is 1. The quantitative estimate of drug-likeness (QED) is 0.676. The van der Waals surface area contributed by atoms with Gasteiger partial charge in [0.25, 0.3) is 0 Å². The van der Waals surface area contributed by atoms with Gasteiger partial charge in [-0.1, -0.05) is 18.2 Å². The SMILES string of the molecule is COc1ccc(C)cc1S(=O)(=O)N1CCC(C(=O)Nc2ccc(CC(N)=O)cc2)CC1. The highest BCUT2D eigenvalue weighted by Crippen LogP contribution is 2.30. The van der Waals surface area contributed by atoms with E-state index in [-0.39, 0.29) is 36.2 Å². The highest BCUT2D eigenvalue weighted by Gasteiger charge is 2.33. The standard InChI is InChI=1S/C22H27N3O5S/c1-15-3-8-19(30-2)20(13-15)31(28,29)25-11-9-17(10-12-25)22(27)24-18-6-4-16(5-7-18)14-21(23)26/h3-8,13,17H,9-12,14H2,1-2H3,(H2,23,26)(H,24,27). The monoisotopic (exact) mass is 445 g/mol. The maximum absolute atomic E-state index is 13.1. The first kappa shape index (κ1) is 22.8. The van der Waals surface area contributed by atoms with E-state index in [0.717, 1.165) is 11.1 Å². The van der Waals surface area contributed by atoms with Crippen molar-refractivity contribution in [2.75, 3.05) is 25.5 Å². The Bertz CT molecular complexity index is 1060. The van der Waals surface area contributed by atoms with Gasteiger partial charge in [0, 0.05) is 24.7 Å². The van der Waals surface area contributed by atoms with E-state index in [4.69, 9.17) is 10.5 Å². The van der Waals surface area contributed by atoms with Gasteiger partial charge < -0.3 is 15.8 Å². The van der Waals surface area contributed by atoms with Crippen molar-refractivity contribution >= 4 is 27.5 Å². The van der Waals surface area contributed by atoms with Gasteiger partial charge in [-0.05, 0) is 55.2 Å². The predicted octanol–water partition coefficient (Wildman–Crippen LogP) is 2.07. The molecule has 0 bridgehead atoms. The number of piperidine rings is 1. The summed E-state index contributed by atoms with van der Waals surface area (Å²) in [5.74, 6) is -0.531. The number of amides is 2. The molecule has 1 fully saturated rings. The Morgan fingerprint density at radius 2 is 1.77 bits per heavy atom. The van der Waals surface area contributed by atoms with E-state index < -0.39 is 15.9 Å². The minimum Gasteiger partial charge on any atom is -0.495 e. The highest BCUT2D eigenvalue weighted by molar-refractivity contribution is 7.89. The summed E-state index contributed by atoms with van der Waals surface area (Å²) in [4.78, 5) is 23.8. The van der Waals surface area contributed by atoms with E-state index >= 15 is 0 Å². The number of hydrogen-bond donors (Lipinski definition) is 2. The molecule has 0 atom stereocenters. The van der Waals surface area contributed by atoms with E-state index in [2.05, 4.69) is 5.32 Å². The van der Waals surface area contributed by atoms with Gasteiger partial charge in [-0.25, -0.2) is 8.42 Å². The van der Waals surface area contributed by atoms with Gasteiger partial charge in [-0.2, -0.15) is 4.31 Å². The minimum atomic E-state index is -3.71. The maximum atomic E-state index is 13.1. The van der Waals surface area contributed by atoms with E-state index in [0.29, 0.717) is 24.3 Å². The fourth-order valence-electron chi connectivity index (χ4n) is 3.63. The molecule has 0 aliphatic carbocycles. The zero-order chi connectivity index (χ0) is 22.6. The Morgan fingerprint density at radius 1 is 1.13 bits per heavy atom. The van der Waals surface area contributed by atoms with Crippen LogP contribution in [0.1, 0.15) is 24.0 Å². The average molecular weight is 446 g/mol. The molecule has 1 heterocycles. The molecule has 0 aromatic heterocycles. The molecule has 2 aromatic rings. The number of nitrogens with zero attached hydrogens (tertiary/aromatic N) is 1. The number of nitrogens with two attached hydrogens (primary N) is 1. The first-order chi connectivity index (χ1) is 14.7. The Balaban J connectivity index is 1.62. The fraction of sp³-hybridized carbons (Fsp3) is 0.364. The summed E-state index contributed by atoms with van der Waals surface area (Å²) >= 11 is 0. The number of hydrogen-bond acceptors (Lipinski definition) is 5. The molecule has 0 saturated carbocycles. The minimum absolute atomic E-state index is 0.146. The smallest absolute Gasteiger partial charge is 0.246 e. The summed E-state index contributed by atoms with van der Waals surface area (Å²) in [5.41, 5.74) is 7.41. The second-order valence-corrected chi connectivity index (χ2v) is 9.57. The summed E-state index contributed by atoms with van der Waals surface area (Å²) in [5, 5.41) is 2.86. The lowest BCUT2D eigenvalue weighted by Gasteiger charge is -2.31. The van der Waals surface area contributed by atoms with Gasteiger partial charge in [-0.3, -0.25) is 9.59 Å². The number of carbonyl (C=O) groups is 2. The Hall–Kier alpha value is -2.91. The molecule has 3 rings (SSSR count). The third-order valence-electron chi connectivity index (χ3n) is 5.36. The van der Waals surface area contributed by atoms with E-state index in [1.807, 2.05) is 6.92 Å². The second-order valence-electron chi connectivity index (χ2n) is 7.66. The summed E-state index contributed by atoms with van der Waals surface area (Å²) in [6, 6.07) is 12.0. The molecule has 1 aliphatic heterocycles. The number of carbonyl (C=O) groups excluding carboxylic acids is 2. The number of benzene rings is 2. The molecular weight excluding hydrogens is 418 g/mol. The van der Waals surface area contributed by atoms with Gasteiger partial charge in [-0.15, -0.1) is 0 Å². The van der Waals surface area contributed by atoms with Crippen LogP contribution < -0.4 is 15.8 Å². The predicted molar refractivity (Wildman–Crippen MR) is 117 cm³/mol. The van der Waals surface area contributed by atoms with Crippen LogP contribution in [0.15, 0.2) is 47.4 Å². The summed E-state index contributed by atoms with van der Waals surface area (Å²) < 4.78 is 32.9. The number of sulfonamides is 1. The molecule has 9 heteroatoms. The number of rotatable bonds is 7. The van der Waals surface area contributed by atoms with Crippen LogP contribution >= 0.6 is 0 Å². The van der Waals surface area contributed by atoms with Crippen LogP contribution in [0.4, 0.5) is 5.69 Å². The lowest BCUT2D eigenvalue weighted by molar-refractivity contribution is -0.121. The average Bonchev–Trinajstić information content (AvgIpc) is 2.74. The molecule has 0 spiro atoms. The van der Waals surface area contributed by atoms with E-state index in [1.165, 1.54) is 11.4 Å². The molecule has 0 radical (unpaired) electrons. The summed E-state index contributed by atoms with van der Waals surface area (Å²) in [6.45, 7) is 2.35. The highest BCUT2D eigenvalue weighted by atomic mass is 32.2. The third kappa shape index (κ3) is 5.42. The zero-order valence-corrected chi connectivity index (χ0v) is 18.4.